The molecule has 6 N–H and O–H groups in total. The van der Waals surface area contributed by atoms with Crippen LogP contribution in [0, 0.1) is 0 Å². The van der Waals surface area contributed by atoms with Crippen LogP contribution in [0.25, 0.3) is 0 Å². The van der Waals surface area contributed by atoms with Crippen molar-refractivity contribution in [2.45, 2.75) is 75.3 Å². The Morgan fingerprint density at radius 1 is 0.692 bits per heavy atom. The summed E-state index contributed by atoms with van der Waals surface area (Å²) in [6.45, 7) is 0. The lowest BCUT2D eigenvalue weighted by molar-refractivity contribution is -0.123. The predicted octanol–water partition coefficient (Wildman–Crippen LogP) is 2.89. The average Bonchev–Trinajstić information content (AvgIpc) is 2.64. The summed E-state index contributed by atoms with van der Waals surface area (Å²) in [5, 5.41) is 5.84. The number of anilines is 2. The number of amides is 2. The monoisotopic (exact) mass is 358 g/mol. The Balaban J connectivity index is 1.72. The molecule has 6 heteroatoms. The maximum atomic E-state index is 12.7. The van der Waals surface area contributed by atoms with Crippen molar-refractivity contribution in [1.82, 2.24) is 0 Å². The molecule has 0 bridgehead atoms. The minimum atomic E-state index is -0.826. The van der Waals surface area contributed by atoms with Crippen LogP contribution in [-0.2, 0) is 9.59 Å². The molecule has 0 unspecified atom stereocenters. The number of rotatable bonds is 4. The number of para-hydroxylation sites is 2. The van der Waals surface area contributed by atoms with Gasteiger partial charge in [0.15, 0.2) is 0 Å². The summed E-state index contributed by atoms with van der Waals surface area (Å²) in [5.41, 5.74) is 12.1. The van der Waals surface area contributed by atoms with Gasteiger partial charge in [-0.15, -0.1) is 0 Å². The van der Waals surface area contributed by atoms with Crippen molar-refractivity contribution in [1.29, 1.82) is 0 Å². The Kier molecular flexibility index (Phi) is 5.63. The first-order chi connectivity index (χ1) is 12.4. The van der Waals surface area contributed by atoms with Crippen molar-refractivity contribution in [3.8, 4) is 0 Å². The van der Waals surface area contributed by atoms with E-state index in [1.807, 2.05) is 12.1 Å². The summed E-state index contributed by atoms with van der Waals surface area (Å²) in [7, 11) is 0. The maximum absolute atomic E-state index is 12.7. The summed E-state index contributed by atoms with van der Waals surface area (Å²) in [4.78, 5) is 25.4. The van der Waals surface area contributed by atoms with Gasteiger partial charge in [0, 0.05) is 0 Å². The minimum absolute atomic E-state index is 0.181. The number of nitrogens with one attached hydrogen (secondary N) is 2. The first-order valence-corrected chi connectivity index (χ1v) is 9.73. The van der Waals surface area contributed by atoms with E-state index < -0.39 is 11.1 Å². The SMILES string of the molecule is NC1(C(=O)Nc2ccccc2NC(=O)C2(N)CCCCC2)CCCCC1. The van der Waals surface area contributed by atoms with E-state index >= 15 is 0 Å². The third kappa shape index (κ3) is 4.07. The second-order valence-corrected chi connectivity index (χ2v) is 7.89. The smallest absolute Gasteiger partial charge is 0.244 e. The molecular weight excluding hydrogens is 328 g/mol. The Bertz CT molecular complexity index is 605. The molecule has 6 nitrogen and oxygen atoms in total. The van der Waals surface area contributed by atoms with Gasteiger partial charge in [0.05, 0.1) is 22.5 Å². The zero-order valence-electron chi connectivity index (χ0n) is 15.4. The number of carbonyl (C=O) groups is 2. The third-order valence-electron chi connectivity index (χ3n) is 5.82. The molecule has 2 fully saturated rings. The molecule has 1 aromatic carbocycles. The Hall–Kier alpha value is -1.92. The molecule has 0 spiro atoms. The number of hydrogen-bond donors (Lipinski definition) is 4. The van der Waals surface area contributed by atoms with E-state index in [1.54, 1.807) is 12.1 Å². The van der Waals surface area contributed by atoms with Crippen molar-refractivity contribution < 1.29 is 9.59 Å². The fourth-order valence-electron chi connectivity index (χ4n) is 4.01. The van der Waals surface area contributed by atoms with Gasteiger partial charge in [0.25, 0.3) is 0 Å². The van der Waals surface area contributed by atoms with Gasteiger partial charge >= 0.3 is 0 Å². The molecule has 1 aromatic rings. The van der Waals surface area contributed by atoms with Crippen LogP contribution in [0.5, 0.6) is 0 Å². The van der Waals surface area contributed by atoms with Crippen molar-refractivity contribution in [2.75, 3.05) is 10.6 Å². The highest BCUT2D eigenvalue weighted by molar-refractivity contribution is 6.05. The van der Waals surface area contributed by atoms with E-state index in [1.165, 1.54) is 0 Å². The van der Waals surface area contributed by atoms with Gasteiger partial charge in [-0.1, -0.05) is 50.7 Å². The predicted molar refractivity (Wildman–Crippen MR) is 104 cm³/mol. The topological polar surface area (TPSA) is 110 Å². The van der Waals surface area contributed by atoms with E-state index in [0.29, 0.717) is 37.1 Å². The van der Waals surface area contributed by atoms with E-state index in [9.17, 15) is 9.59 Å². The molecule has 0 aromatic heterocycles. The van der Waals surface area contributed by atoms with Gasteiger partial charge in [-0.05, 0) is 37.8 Å². The fourth-order valence-corrected chi connectivity index (χ4v) is 4.01. The lowest BCUT2D eigenvalue weighted by Gasteiger charge is -2.33. The summed E-state index contributed by atoms with van der Waals surface area (Å²) >= 11 is 0. The molecule has 2 aliphatic carbocycles. The molecule has 142 valence electrons. The normalized spacial score (nSPS) is 21.6. The highest BCUT2D eigenvalue weighted by Crippen LogP contribution is 2.31. The van der Waals surface area contributed by atoms with Gasteiger partial charge in [-0.25, -0.2) is 0 Å². The largest absolute Gasteiger partial charge is 0.323 e. The standard InChI is InChI=1S/C20H30N4O2/c21-19(11-5-1-6-12-19)17(25)23-15-9-3-4-10-16(15)24-18(26)20(22)13-7-2-8-14-20/h3-4,9-10H,1-2,5-8,11-14,21-22H2,(H,23,25)(H,24,26). The Morgan fingerprint density at radius 3 is 1.38 bits per heavy atom. The quantitative estimate of drug-likeness (QED) is 0.663. The molecular formula is C20H30N4O2. The minimum Gasteiger partial charge on any atom is -0.323 e. The van der Waals surface area contributed by atoms with E-state index in [0.717, 1.165) is 38.5 Å². The van der Waals surface area contributed by atoms with Gasteiger partial charge in [0.1, 0.15) is 0 Å². The summed E-state index contributed by atoms with van der Waals surface area (Å²) in [6.07, 6.45) is 8.90. The second-order valence-electron chi connectivity index (χ2n) is 7.89. The van der Waals surface area contributed by atoms with Crippen LogP contribution in [0.15, 0.2) is 24.3 Å². The highest BCUT2D eigenvalue weighted by Gasteiger charge is 2.37. The molecule has 2 aliphatic rings. The molecule has 0 heterocycles. The zero-order valence-corrected chi connectivity index (χ0v) is 15.4. The van der Waals surface area contributed by atoms with Crippen molar-refractivity contribution >= 4 is 23.2 Å². The van der Waals surface area contributed by atoms with E-state index in [-0.39, 0.29) is 11.8 Å². The van der Waals surface area contributed by atoms with Crippen LogP contribution < -0.4 is 22.1 Å². The molecule has 26 heavy (non-hydrogen) atoms. The van der Waals surface area contributed by atoms with Crippen LogP contribution in [0.2, 0.25) is 0 Å². The maximum Gasteiger partial charge on any atom is 0.244 e. The molecule has 3 rings (SSSR count). The van der Waals surface area contributed by atoms with Crippen LogP contribution in [-0.4, -0.2) is 22.9 Å². The van der Waals surface area contributed by atoms with Crippen molar-refractivity contribution in [3.05, 3.63) is 24.3 Å². The van der Waals surface area contributed by atoms with Crippen LogP contribution in [0.4, 0.5) is 11.4 Å². The average molecular weight is 358 g/mol. The first-order valence-electron chi connectivity index (χ1n) is 9.73. The molecule has 0 saturated heterocycles. The summed E-state index contributed by atoms with van der Waals surface area (Å²) < 4.78 is 0. The number of benzene rings is 1. The fraction of sp³-hybridized carbons (Fsp3) is 0.600. The molecule has 2 amide bonds. The Labute approximate surface area is 155 Å². The number of carbonyl (C=O) groups excluding carboxylic acids is 2. The van der Waals surface area contributed by atoms with Crippen molar-refractivity contribution in [3.63, 3.8) is 0 Å². The molecule has 0 radical (unpaired) electrons. The third-order valence-corrected chi connectivity index (χ3v) is 5.82. The van der Waals surface area contributed by atoms with Gasteiger partial charge in [-0.2, -0.15) is 0 Å². The lowest BCUT2D eigenvalue weighted by atomic mass is 9.81. The van der Waals surface area contributed by atoms with Gasteiger partial charge < -0.3 is 22.1 Å². The summed E-state index contributed by atoms with van der Waals surface area (Å²) in [6, 6.07) is 7.22. The summed E-state index contributed by atoms with van der Waals surface area (Å²) in [5.74, 6) is -0.363. The highest BCUT2D eigenvalue weighted by atomic mass is 16.2. The molecule has 2 saturated carbocycles. The molecule has 0 atom stereocenters. The Morgan fingerprint density at radius 2 is 1.04 bits per heavy atom. The number of nitrogens with two attached hydrogens (primary N) is 2. The van der Waals surface area contributed by atoms with E-state index in [2.05, 4.69) is 10.6 Å². The van der Waals surface area contributed by atoms with Gasteiger partial charge in [0.2, 0.25) is 11.8 Å². The van der Waals surface area contributed by atoms with Crippen molar-refractivity contribution in [2.24, 2.45) is 11.5 Å². The molecule has 0 aliphatic heterocycles. The lowest BCUT2D eigenvalue weighted by Crippen LogP contribution is -2.53. The van der Waals surface area contributed by atoms with E-state index in [4.69, 9.17) is 11.5 Å². The van der Waals surface area contributed by atoms with Gasteiger partial charge in [-0.3, -0.25) is 9.59 Å². The first kappa shape index (κ1) is 18.9. The van der Waals surface area contributed by atoms with Crippen LogP contribution >= 0.6 is 0 Å². The van der Waals surface area contributed by atoms with Crippen LogP contribution in [0.3, 0.4) is 0 Å². The van der Waals surface area contributed by atoms with Crippen LogP contribution in [0.1, 0.15) is 64.2 Å². The zero-order chi connectivity index (χ0) is 18.6. The number of hydrogen-bond acceptors (Lipinski definition) is 4. The second kappa shape index (κ2) is 7.76.